The van der Waals surface area contributed by atoms with E-state index in [1.54, 1.807) is 0 Å². The molecule has 1 aromatic carbocycles. The van der Waals surface area contributed by atoms with Crippen LogP contribution >= 0.6 is 0 Å². The van der Waals surface area contributed by atoms with E-state index >= 15 is 0 Å². The topological polar surface area (TPSA) is 59.4 Å². The Labute approximate surface area is 130 Å². The third-order valence-corrected chi connectivity index (χ3v) is 3.82. The van der Waals surface area contributed by atoms with Gasteiger partial charge in [-0.15, -0.1) is 0 Å². The van der Waals surface area contributed by atoms with Crippen LogP contribution in [0.5, 0.6) is 0 Å². The number of hydrogen-bond donors (Lipinski definition) is 1. The molecular formula is C17H21N5. The number of nitrogens with two attached hydrogens (primary N) is 1. The maximum atomic E-state index is 5.96. The molecule has 0 fully saturated rings. The lowest BCUT2D eigenvalue weighted by Crippen LogP contribution is -2.42. The number of aromatic nitrogens is 2. The summed E-state index contributed by atoms with van der Waals surface area (Å²) in [4.78, 5) is 10.9. The SMILES string of the molecule is CC1C=C(N)N=C(c2ccccc2)N1CCCn1ccnc1. The van der Waals surface area contributed by atoms with Crippen molar-refractivity contribution in [2.24, 2.45) is 10.7 Å². The summed E-state index contributed by atoms with van der Waals surface area (Å²) in [5, 5.41) is 0. The maximum absolute atomic E-state index is 5.96. The molecule has 5 nitrogen and oxygen atoms in total. The lowest BCUT2D eigenvalue weighted by molar-refractivity contribution is 0.354. The Hall–Kier alpha value is -2.56. The molecule has 0 spiro atoms. The molecule has 2 heterocycles. The van der Waals surface area contributed by atoms with Crippen LogP contribution in [0, 0.1) is 0 Å². The summed E-state index contributed by atoms with van der Waals surface area (Å²) in [7, 11) is 0. The van der Waals surface area contributed by atoms with Gasteiger partial charge in [0.2, 0.25) is 0 Å². The van der Waals surface area contributed by atoms with Crippen molar-refractivity contribution in [3.05, 3.63) is 66.5 Å². The maximum Gasteiger partial charge on any atom is 0.138 e. The molecule has 0 radical (unpaired) electrons. The largest absolute Gasteiger partial charge is 0.384 e. The van der Waals surface area contributed by atoms with Gasteiger partial charge < -0.3 is 15.2 Å². The first kappa shape index (κ1) is 14.4. The zero-order valence-corrected chi connectivity index (χ0v) is 12.8. The van der Waals surface area contributed by atoms with Gasteiger partial charge in [-0.2, -0.15) is 0 Å². The van der Waals surface area contributed by atoms with Crippen LogP contribution in [0.1, 0.15) is 18.9 Å². The third kappa shape index (κ3) is 3.19. The minimum Gasteiger partial charge on any atom is -0.384 e. The molecule has 2 N–H and O–H groups in total. The van der Waals surface area contributed by atoms with E-state index in [1.165, 1.54) is 0 Å². The number of rotatable bonds is 5. The predicted molar refractivity (Wildman–Crippen MR) is 88.3 cm³/mol. The third-order valence-electron chi connectivity index (χ3n) is 3.82. The number of aliphatic imine (C=N–C) groups is 1. The van der Waals surface area contributed by atoms with Crippen molar-refractivity contribution in [3.8, 4) is 0 Å². The first-order valence-corrected chi connectivity index (χ1v) is 7.58. The Morgan fingerprint density at radius 1 is 1.18 bits per heavy atom. The standard InChI is InChI=1S/C17H21N5/c1-14-12-16(18)20-17(15-6-3-2-4-7-15)22(14)10-5-9-21-11-8-19-13-21/h2-4,6-8,11-14H,5,9-10,18H2,1H3. The molecule has 22 heavy (non-hydrogen) atoms. The number of imidazole rings is 1. The lowest BCUT2D eigenvalue weighted by atomic mass is 10.1. The molecule has 0 bridgehead atoms. The zero-order valence-electron chi connectivity index (χ0n) is 12.8. The molecule has 0 saturated carbocycles. The second-order valence-corrected chi connectivity index (χ2v) is 5.48. The average molecular weight is 295 g/mol. The van der Waals surface area contributed by atoms with Crippen LogP contribution in [0.2, 0.25) is 0 Å². The molecular weight excluding hydrogens is 274 g/mol. The normalized spacial score (nSPS) is 18.0. The lowest BCUT2D eigenvalue weighted by Gasteiger charge is -2.33. The summed E-state index contributed by atoms with van der Waals surface area (Å²) in [5.41, 5.74) is 7.06. The molecule has 1 aliphatic heterocycles. The Kier molecular flexibility index (Phi) is 4.23. The minimum atomic E-state index is 0.246. The number of hydrogen-bond acceptors (Lipinski definition) is 4. The van der Waals surface area contributed by atoms with E-state index in [0.717, 1.165) is 30.9 Å². The summed E-state index contributed by atoms with van der Waals surface area (Å²) in [6.07, 6.45) is 8.68. The number of nitrogens with zero attached hydrogens (tertiary/aromatic N) is 4. The van der Waals surface area contributed by atoms with Gasteiger partial charge in [0.1, 0.15) is 11.7 Å². The van der Waals surface area contributed by atoms with Crippen LogP contribution in [-0.4, -0.2) is 32.9 Å². The molecule has 0 saturated heterocycles. The molecule has 5 heteroatoms. The highest BCUT2D eigenvalue weighted by molar-refractivity contribution is 6.00. The summed E-state index contributed by atoms with van der Waals surface area (Å²) in [6, 6.07) is 10.5. The Morgan fingerprint density at radius 3 is 2.73 bits per heavy atom. The molecule has 0 aliphatic carbocycles. The molecule has 0 amide bonds. The average Bonchev–Trinajstić information content (AvgIpc) is 3.03. The van der Waals surface area contributed by atoms with Gasteiger partial charge in [-0.25, -0.2) is 9.98 Å². The first-order valence-electron chi connectivity index (χ1n) is 7.58. The Balaban J connectivity index is 1.74. The summed E-state index contributed by atoms with van der Waals surface area (Å²) < 4.78 is 2.10. The van der Waals surface area contributed by atoms with E-state index in [1.807, 2.05) is 43.0 Å². The van der Waals surface area contributed by atoms with Crippen LogP contribution in [0.3, 0.4) is 0 Å². The number of amidine groups is 1. The van der Waals surface area contributed by atoms with Crippen molar-refractivity contribution in [2.45, 2.75) is 25.9 Å². The number of benzene rings is 1. The van der Waals surface area contributed by atoms with E-state index in [-0.39, 0.29) is 6.04 Å². The van der Waals surface area contributed by atoms with Gasteiger partial charge in [-0.3, -0.25) is 0 Å². The Bertz CT molecular complexity index is 658. The number of aryl methyl sites for hydroxylation is 1. The predicted octanol–water partition coefficient (Wildman–Crippen LogP) is 2.22. The fraction of sp³-hybridized carbons (Fsp3) is 0.294. The highest BCUT2D eigenvalue weighted by Gasteiger charge is 2.22. The van der Waals surface area contributed by atoms with Gasteiger partial charge in [0.05, 0.1) is 6.33 Å². The van der Waals surface area contributed by atoms with Crippen molar-refractivity contribution in [1.82, 2.24) is 14.5 Å². The van der Waals surface area contributed by atoms with Crippen molar-refractivity contribution >= 4 is 5.84 Å². The Morgan fingerprint density at radius 2 is 2.00 bits per heavy atom. The minimum absolute atomic E-state index is 0.246. The van der Waals surface area contributed by atoms with Crippen molar-refractivity contribution in [1.29, 1.82) is 0 Å². The molecule has 1 aromatic heterocycles. The summed E-state index contributed by atoms with van der Waals surface area (Å²) in [5.74, 6) is 1.55. The monoisotopic (exact) mass is 295 g/mol. The smallest absolute Gasteiger partial charge is 0.138 e. The van der Waals surface area contributed by atoms with Gasteiger partial charge in [0.25, 0.3) is 0 Å². The van der Waals surface area contributed by atoms with Crippen LogP contribution in [0.25, 0.3) is 0 Å². The molecule has 1 unspecified atom stereocenters. The van der Waals surface area contributed by atoms with E-state index in [9.17, 15) is 0 Å². The van der Waals surface area contributed by atoms with Crippen molar-refractivity contribution in [3.63, 3.8) is 0 Å². The first-order chi connectivity index (χ1) is 10.7. The highest BCUT2D eigenvalue weighted by atomic mass is 15.2. The van der Waals surface area contributed by atoms with Crippen molar-refractivity contribution in [2.75, 3.05) is 6.54 Å². The van der Waals surface area contributed by atoms with Gasteiger partial charge in [-0.05, 0) is 19.4 Å². The molecule has 1 aliphatic rings. The second kappa shape index (κ2) is 6.47. The summed E-state index contributed by atoms with van der Waals surface area (Å²) in [6.45, 7) is 4.03. The summed E-state index contributed by atoms with van der Waals surface area (Å²) >= 11 is 0. The fourth-order valence-corrected chi connectivity index (χ4v) is 2.72. The molecule has 3 rings (SSSR count). The van der Waals surface area contributed by atoms with Crippen LogP contribution in [0.15, 0.2) is 65.9 Å². The highest BCUT2D eigenvalue weighted by Crippen LogP contribution is 2.17. The zero-order chi connectivity index (χ0) is 15.4. The van der Waals surface area contributed by atoms with Gasteiger partial charge in [0.15, 0.2) is 0 Å². The van der Waals surface area contributed by atoms with Gasteiger partial charge in [0, 0.05) is 37.1 Å². The quantitative estimate of drug-likeness (QED) is 0.920. The van der Waals surface area contributed by atoms with E-state index in [4.69, 9.17) is 5.73 Å². The second-order valence-electron chi connectivity index (χ2n) is 5.48. The van der Waals surface area contributed by atoms with Crippen molar-refractivity contribution < 1.29 is 0 Å². The molecule has 2 aromatic rings. The molecule has 1 atom stereocenters. The van der Waals surface area contributed by atoms with E-state index < -0.39 is 0 Å². The van der Waals surface area contributed by atoms with Crippen LogP contribution < -0.4 is 5.73 Å². The van der Waals surface area contributed by atoms with Gasteiger partial charge in [-0.1, -0.05) is 30.3 Å². The fourth-order valence-electron chi connectivity index (χ4n) is 2.72. The van der Waals surface area contributed by atoms with Crippen LogP contribution in [0.4, 0.5) is 0 Å². The van der Waals surface area contributed by atoms with Gasteiger partial charge >= 0.3 is 0 Å². The molecule has 114 valence electrons. The van der Waals surface area contributed by atoms with E-state index in [2.05, 4.69) is 38.5 Å². The van der Waals surface area contributed by atoms with E-state index in [0.29, 0.717) is 5.82 Å². The van der Waals surface area contributed by atoms with Crippen LogP contribution in [-0.2, 0) is 6.54 Å².